The number of ether oxygens (including phenoxy) is 1. The van der Waals surface area contributed by atoms with Gasteiger partial charge in [0.2, 0.25) is 0 Å². The summed E-state index contributed by atoms with van der Waals surface area (Å²) in [5.74, 6) is -2.79. The van der Waals surface area contributed by atoms with Gasteiger partial charge in [0.1, 0.15) is 5.75 Å². The van der Waals surface area contributed by atoms with Crippen LogP contribution in [0.4, 0.5) is 8.78 Å². The van der Waals surface area contributed by atoms with Gasteiger partial charge in [-0.3, -0.25) is 0 Å². The third kappa shape index (κ3) is 2.54. The van der Waals surface area contributed by atoms with E-state index in [0.717, 1.165) is 12.1 Å². The van der Waals surface area contributed by atoms with Crippen LogP contribution in [0.2, 0.25) is 0 Å². The number of aromatic carboxylic acids is 1. The first-order valence-electron chi connectivity index (χ1n) is 5.39. The van der Waals surface area contributed by atoms with Crippen LogP contribution in [0.3, 0.4) is 0 Å². The van der Waals surface area contributed by atoms with E-state index in [1.807, 2.05) is 0 Å². The fraction of sp³-hybridized carbons (Fsp3) is 0.0714. The predicted octanol–water partition coefficient (Wildman–Crippen LogP) is 3.34. The number of carbonyl (C=O) groups is 1. The maximum Gasteiger partial charge on any atom is 0.336 e. The minimum absolute atomic E-state index is 0.0367. The van der Waals surface area contributed by atoms with E-state index in [1.165, 1.54) is 25.3 Å². The lowest BCUT2D eigenvalue weighted by atomic mass is 9.99. The molecule has 0 amide bonds. The highest BCUT2D eigenvalue weighted by Gasteiger charge is 2.14. The second kappa shape index (κ2) is 5.06. The molecule has 0 aliphatic rings. The van der Waals surface area contributed by atoms with Gasteiger partial charge >= 0.3 is 5.97 Å². The molecule has 0 saturated carbocycles. The Labute approximate surface area is 108 Å². The Kier molecular flexibility index (Phi) is 3.46. The zero-order valence-corrected chi connectivity index (χ0v) is 9.98. The van der Waals surface area contributed by atoms with Gasteiger partial charge in [0.25, 0.3) is 0 Å². The van der Waals surface area contributed by atoms with Gasteiger partial charge in [-0.05, 0) is 41.5 Å². The van der Waals surface area contributed by atoms with Crippen LogP contribution in [-0.2, 0) is 0 Å². The van der Waals surface area contributed by atoms with Crippen molar-refractivity contribution in [2.24, 2.45) is 0 Å². The lowest BCUT2D eigenvalue weighted by Crippen LogP contribution is -2.01. The van der Waals surface area contributed by atoms with Gasteiger partial charge in [-0.25, -0.2) is 13.6 Å². The maximum atomic E-state index is 13.2. The second-order valence-electron chi connectivity index (χ2n) is 3.85. The molecule has 0 atom stereocenters. The first-order chi connectivity index (χ1) is 9.02. The molecular formula is C14H10F2O3. The average molecular weight is 264 g/mol. The summed E-state index contributed by atoms with van der Waals surface area (Å²) in [5.41, 5.74) is 0.552. The van der Waals surface area contributed by atoms with Crippen molar-refractivity contribution in [3.05, 3.63) is 53.6 Å². The van der Waals surface area contributed by atoms with Crippen LogP contribution in [-0.4, -0.2) is 18.2 Å². The van der Waals surface area contributed by atoms with Crippen molar-refractivity contribution in [2.75, 3.05) is 7.11 Å². The topological polar surface area (TPSA) is 46.5 Å². The molecule has 1 N–H and O–H groups in total. The normalized spacial score (nSPS) is 10.3. The standard InChI is InChI=1S/C14H10F2O3/c1-19-9-3-4-10(11(7-9)14(17)18)8-2-5-12(15)13(16)6-8/h2-7H,1H3,(H,17,18). The third-order valence-electron chi connectivity index (χ3n) is 2.69. The van der Waals surface area contributed by atoms with Gasteiger partial charge < -0.3 is 9.84 Å². The molecule has 0 bridgehead atoms. The van der Waals surface area contributed by atoms with E-state index in [1.54, 1.807) is 6.07 Å². The molecule has 98 valence electrons. The number of methoxy groups -OCH3 is 1. The highest BCUT2D eigenvalue weighted by Crippen LogP contribution is 2.28. The minimum Gasteiger partial charge on any atom is -0.497 e. The summed E-state index contributed by atoms with van der Waals surface area (Å²) in [6.07, 6.45) is 0. The van der Waals surface area contributed by atoms with Crippen molar-refractivity contribution < 1.29 is 23.4 Å². The molecule has 2 aromatic carbocycles. The number of carboxylic acids is 1. The second-order valence-corrected chi connectivity index (χ2v) is 3.85. The van der Waals surface area contributed by atoms with Crippen LogP contribution >= 0.6 is 0 Å². The molecule has 5 heteroatoms. The Morgan fingerprint density at radius 1 is 1.11 bits per heavy atom. The lowest BCUT2D eigenvalue weighted by Gasteiger charge is -2.09. The van der Waals surface area contributed by atoms with Gasteiger partial charge in [-0.15, -0.1) is 0 Å². The Bertz CT molecular complexity index is 639. The summed E-state index contributed by atoms with van der Waals surface area (Å²) < 4.78 is 31.0. The number of rotatable bonds is 3. The molecule has 0 aliphatic heterocycles. The minimum atomic E-state index is -1.17. The fourth-order valence-corrected chi connectivity index (χ4v) is 1.74. The number of carboxylic acid groups (broad SMARTS) is 1. The molecule has 0 fully saturated rings. The van der Waals surface area contributed by atoms with Gasteiger partial charge in [-0.1, -0.05) is 6.07 Å². The fourth-order valence-electron chi connectivity index (χ4n) is 1.74. The Hall–Kier alpha value is -2.43. The average Bonchev–Trinajstić information content (AvgIpc) is 2.41. The van der Waals surface area contributed by atoms with Crippen molar-refractivity contribution >= 4 is 5.97 Å². The maximum absolute atomic E-state index is 13.2. The van der Waals surface area contributed by atoms with Gasteiger partial charge in [0.15, 0.2) is 11.6 Å². The van der Waals surface area contributed by atoms with E-state index in [0.29, 0.717) is 16.9 Å². The summed E-state index contributed by atoms with van der Waals surface area (Å²) in [4.78, 5) is 11.2. The third-order valence-corrected chi connectivity index (χ3v) is 2.69. The van der Waals surface area contributed by atoms with Gasteiger partial charge in [0, 0.05) is 0 Å². The van der Waals surface area contributed by atoms with E-state index in [2.05, 4.69) is 0 Å². The van der Waals surface area contributed by atoms with Crippen LogP contribution in [0, 0.1) is 11.6 Å². The van der Waals surface area contributed by atoms with E-state index in [4.69, 9.17) is 9.84 Å². The zero-order chi connectivity index (χ0) is 14.0. The van der Waals surface area contributed by atoms with Crippen LogP contribution in [0.5, 0.6) is 5.75 Å². The largest absolute Gasteiger partial charge is 0.497 e. The van der Waals surface area contributed by atoms with Crippen molar-refractivity contribution in [1.82, 2.24) is 0 Å². The van der Waals surface area contributed by atoms with Gasteiger partial charge in [0.05, 0.1) is 12.7 Å². The highest BCUT2D eigenvalue weighted by molar-refractivity contribution is 5.96. The smallest absolute Gasteiger partial charge is 0.336 e. The van der Waals surface area contributed by atoms with Crippen molar-refractivity contribution in [1.29, 1.82) is 0 Å². The van der Waals surface area contributed by atoms with Crippen LogP contribution in [0.15, 0.2) is 36.4 Å². The predicted molar refractivity (Wildman–Crippen MR) is 65.3 cm³/mol. The molecular weight excluding hydrogens is 254 g/mol. The summed E-state index contributed by atoms with van der Waals surface area (Å²) in [7, 11) is 1.41. The lowest BCUT2D eigenvalue weighted by molar-refractivity contribution is 0.0697. The molecule has 0 aromatic heterocycles. The molecule has 3 nitrogen and oxygen atoms in total. The van der Waals surface area contributed by atoms with Crippen molar-refractivity contribution in [2.45, 2.75) is 0 Å². The summed E-state index contributed by atoms with van der Waals surface area (Å²) in [6, 6.07) is 7.63. The van der Waals surface area contributed by atoms with E-state index >= 15 is 0 Å². The molecule has 0 heterocycles. The first kappa shape index (κ1) is 13.0. The number of hydrogen-bond acceptors (Lipinski definition) is 2. The Balaban J connectivity index is 2.60. The summed E-state index contributed by atoms with van der Waals surface area (Å²) in [5, 5.41) is 9.15. The summed E-state index contributed by atoms with van der Waals surface area (Å²) in [6.45, 7) is 0. The highest BCUT2D eigenvalue weighted by atomic mass is 19.2. The number of benzene rings is 2. The Morgan fingerprint density at radius 3 is 2.42 bits per heavy atom. The van der Waals surface area contributed by atoms with Crippen LogP contribution in [0.1, 0.15) is 10.4 Å². The molecule has 0 unspecified atom stereocenters. The molecule has 19 heavy (non-hydrogen) atoms. The monoisotopic (exact) mass is 264 g/mol. The van der Waals surface area contributed by atoms with Crippen molar-refractivity contribution in [3.8, 4) is 16.9 Å². The molecule has 2 aromatic rings. The summed E-state index contributed by atoms with van der Waals surface area (Å²) >= 11 is 0. The SMILES string of the molecule is COc1ccc(-c2ccc(F)c(F)c2)c(C(=O)O)c1. The number of halogens is 2. The van der Waals surface area contributed by atoms with E-state index < -0.39 is 17.6 Å². The quantitative estimate of drug-likeness (QED) is 0.924. The van der Waals surface area contributed by atoms with E-state index in [-0.39, 0.29) is 5.56 Å². The zero-order valence-electron chi connectivity index (χ0n) is 9.98. The van der Waals surface area contributed by atoms with E-state index in [9.17, 15) is 13.6 Å². The molecule has 0 saturated heterocycles. The molecule has 0 radical (unpaired) electrons. The molecule has 0 spiro atoms. The van der Waals surface area contributed by atoms with Crippen molar-refractivity contribution in [3.63, 3.8) is 0 Å². The number of hydrogen-bond donors (Lipinski definition) is 1. The Morgan fingerprint density at radius 2 is 1.84 bits per heavy atom. The molecule has 0 aliphatic carbocycles. The van der Waals surface area contributed by atoms with Gasteiger partial charge in [-0.2, -0.15) is 0 Å². The van der Waals surface area contributed by atoms with Crippen LogP contribution < -0.4 is 4.74 Å². The first-order valence-corrected chi connectivity index (χ1v) is 5.39. The molecule has 2 rings (SSSR count). The van der Waals surface area contributed by atoms with Crippen LogP contribution in [0.25, 0.3) is 11.1 Å².